The Morgan fingerprint density at radius 3 is 2.94 bits per heavy atom. The normalized spacial score (nSPS) is 23.3. The van der Waals surface area contributed by atoms with Gasteiger partial charge in [-0.2, -0.15) is 0 Å². The van der Waals surface area contributed by atoms with Gasteiger partial charge in [0, 0.05) is 24.4 Å². The number of nitrogen functional groups attached to an aromatic ring is 1. The fourth-order valence-corrected chi connectivity index (χ4v) is 2.42. The Morgan fingerprint density at radius 1 is 1.41 bits per heavy atom. The molecule has 1 aliphatic carbocycles. The van der Waals surface area contributed by atoms with Gasteiger partial charge in [0.1, 0.15) is 5.82 Å². The molecule has 0 amide bonds. The fraction of sp³-hybridized carbons (Fsp3) is 0.417. The molecule has 1 unspecified atom stereocenters. The summed E-state index contributed by atoms with van der Waals surface area (Å²) in [5.41, 5.74) is 7.90. The van der Waals surface area contributed by atoms with Gasteiger partial charge in [-0.15, -0.1) is 0 Å². The van der Waals surface area contributed by atoms with E-state index >= 15 is 0 Å². The molecule has 3 nitrogen and oxygen atoms in total. The average molecular weight is 237 g/mol. The number of H-pyrrole nitrogens is 1. The molecule has 1 aromatic carbocycles. The molecule has 17 heavy (non-hydrogen) atoms. The number of halogens is 2. The van der Waals surface area contributed by atoms with Gasteiger partial charge < -0.3 is 10.7 Å². The molecule has 1 saturated carbocycles. The van der Waals surface area contributed by atoms with Crippen LogP contribution in [0.5, 0.6) is 0 Å². The smallest absolute Gasteiger partial charge is 0.248 e. The van der Waals surface area contributed by atoms with Crippen LogP contribution in [0.15, 0.2) is 18.2 Å². The van der Waals surface area contributed by atoms with Crippen molar-refractivity contribution in [3.05, 3.63) is 24.0 Å². The van der Waals surface area contributed by atoms with Gasteiger partial charge in [-0.25, -0.2) is 13.8 Å². The van der Waals surface area contributed by atoms with Gasteiger partial charge in [-0.1, -0.05) is 0 Å². The zero-order chi connectivity index (χ0) is 12.0. The van der Waals surface area contributed by atoms with Gasteiger partial charge in [0.25, 0.3) is 0 Å². The van der Waals surface area contributed by atoms with Gasteiger partial charge in [0.05, 0.1) is 11.0 Å². The highest BCUT2D eigenvalue weighted by atomic mass is 19.3. The molecule has 1 aromatic heterocycles. The lowest BCUT2D eigenvalue weighted by atomic mass is 10.1. The van der Waals surface area contributed by atoms with Crippen molar-refractivity contribution >= 4 is 16.7 Å². The van der Waals surface area contributed by atoms with Gasteiger partial charge in [0.2, 0.25) is 5.92 Å². The largest absolute Gasteiger partial charge is 0.399 e. The van der Waals surface area contributed by atoms with Crippen LogP contribution < -0.4 is 5.73 Å². The fourth-order valence-electron chi connectivity index (χ4n) is 2.42. The molecule has 0 radical (unpaired) electrons. The van der Waals surface area contributed by atoms with Crippen molar-refractivity contribution in [2.24, 2.45) is 0 Å². The Kier molecular flexibility index (Phi) is 2.11. The standard InChI is InChI=1S/C12H13F2N3/c13-12(14)4-3-7(6-12)11-16-9-2-1-8(15)5-10(9)17-11/h1-2,5,7H,3-4,6,15H2,(H,16,17). The van der Waals surface area contributed by atoms with E-state index in [-0.39, 0.29) is 18.8 Å². The van der Waals surface area contributed by atoms with Crippen LogP contribution in [0.1, 0.15) is 31.0 Å². The number of aromatic amines is 1. The van der Waals surface area contributed by atoms with E-state index in [4.69, 9.17) is 5.73 Å². The number of alkyl halides is 2. The SMILES string of the molecule is Nc1ccc2nc(C3CCC(F)(F)C3)[nH]c2c1. The molecular formula is C12H13F2N3. The van der Waals surface area contributed by atoms with Gasteiger partial charge in [-0.3, -0.25) is 0 Å². The van der Waals surface area contributed by atoms with Crippen LogP contribution in [0.25, 0.3) is 11.0 Å². The van der Waals surface area contributed by atoms with E-state index in [9.17, 15) is 8.78 Å². The highest BCUT2D eigenvalue weighted by molar-refractivity contribution is 5.78. The van der Waals surface area contributed by atoms with E-state index in [1.165, 1.54) is 0 Å². The molecule has 0 aliphatic heterocycles. The second-order valence-corrected chi connectivity index (χ2v) is 4.69. The number of nitrogens with two attached hydrogens (primary N) is 1. The summed E-state index contributed by atoms with van der Waals surface area (Å²) in [6.07, 6.45) is 0.335. The van der Waals surface area contributed by atoms with Crippen LogP contribution in [-0.2, 0) is 0 Å². The van der Waals surface area contributed by atoms with E-state index in [2.05, 4.69) is 9.97 Å². The minimum Gasteiger partial charge on any atom is -0.399 e. The molecule has 1 heterocycles. The second kappa shape index (κ2) is 3.42. The predicted octanol–water partition coefficient (Wildman–Crippen LogP) is 3.05. The zero-order valence-corrected chi connectivity index (χ0v) is 9.21. The first-order chi connectivity index (χ1) is 8.03. The average Bonchev–Trinajstić information content (AvgIpc) is 2.80. The lowest BCUT2D eigenvalue weighted by Crippen LogP contribution is -2.09. The first-order valence-electron chi connectivity index (χ1n) is 5.66. The summed E-state index contributed by atoms with van der Waals surface area (Å²) in [5.74, 6) is -2.05. The van der Waals surface area contributed by atoms with E-state index < -0.39 is 5.92 Å². The number of imidazole rings is 1. The Bertz CT molecular complexity index is 562. The van der Waals surface area contributed by atoms with E-state index in [1.54, 1.807) is 18.2 Å². The number of hydrogen-bond donors (Lipinski definition) is 2. The number of hydrogen-bond acceptors (Lipinski definition) is 2. The Hall–Kier alpha value is -1.65. The van der Waals surface area contributed by atoms with Crippen molar-refractivity contribution in [2.45, 2.75) is 31.1 Å². The monoisotopic (exact) mass is 237 g/mol. The number of rotatable bonds is 1. The lowest BCUT2D eigenvalue weighted by molar-refractivity contribution is 0.00756. The van der Waals surface area contributed by atoms with Crippen molar-refractivity contribution in [2.75, 3.05) is 5.73 Å². The maximum atomic E-state index is 13.1. The number of anilines is 1. The second-order valence-electron chi connectivity index (χ2n) is 4.69. The Labute approximate surface area is 97.0 Å². The van der Waals surface area contributed by atoms with Crippen LogP contribution >= 0.6 is 0 Å². The van der Waals surface area contributed by atoms with Gasteiger partial charge >= 0.3 is 0 Å². The summed E-state index contributed by atoms with van der Waals surface area (Å²) in [6, 6.07) is 5.34. The van der Waals surface area contributed by atoms with E-state index in [0.29, 0.717) is 17.9 Å². The number of fused-ring (bicyclic) bond motifs is 1. The summed E-state index contributed by atoms with van der Waals surface area (Å²) in [5, 5.41) is 0. The third-order valence-electron chi connectivity index (χ3n) is 3.31. The molecule has 1 fully saturated rings. The minimum atomic E-state index is -2.54. The Morgan fingerprint density at radius 2 is 2.24 bits per heavy atom. The summed E-state index contributed by atoms with van der Waals surface area (Å²) in [6.45, 7) is 0. The van der Waals surface area contributed by atoms with Crippen molar-refractivity contribution in [3.63, 3.8) is 0 Å². The zero-order valence-electron chi connectivity index (χ0n) is 9.21. The lowest BCUT2D eigenvalue weighted by Gasteiger charge is -2.07. The van der Waals surface area contributed by atoms with Crippen molar-refractivity contribution in [1.82, 2.24) is 9.97 Å². The molecule has 3 rings (SSSR count). The summed E-state index contributed by atoms with van der Waals surface area (Å²) in [7, 11) is 0. The Balaban J connectivity index is 1.96. The quantitative estimate of drug-likeness (QED) is 0.749. The van der Waals surface area contributed by atoms with Crippen molar-refractivity contribution in [1.29, 1.82) is 0 Å². The van der Waals surface area contributed by atoms with Crippen LogP contribution in [0.2, 0.25) is 0 Å². The van der Waals surface area contributed by atoms with Crippen LogP contribution in [-0.4, -0.2) is 15.9 Å². The molecule has 0 spiro atoms. The van der Waals surface area contributed by atoms with Crippen LogP contribution in [0.4, 0.5) is 14.5 Å². The number of nitrogens with one attached hydrogen (secondary N) is 1. The molecule has 90 valence electrons. The molecule has 1 atom stereocenters. The molecule has 5 heteroatoms. The number of nitrogens with zero attached hydrogens (tertiary/aromatic N) is 1. The van der Waals surface area contributed by atoms with Gasteiger partial charge in [-0.05, 0) is 24.6 Å². The van der Waals surface area contributed by atoms with Crippen LogP contribution in [0.3, 0.4) is 0 Å². The predicted molar refractivity (Wildman–Crippen MR) is 62.0 cm³/mol. The van der Waals surface area contributed by atoms with Crippen molar-refractivity contribution in [3.8, 4) is 0 Å². The molecule has 2 aromatic rings. The first-order valence-corrected chi connectivity index (χ1v) is 5.66. The van der Waals surface area contributed by atoms with Crippen molar-refractivity contribution < 1.29 is 8.78 Å². The molecule has 3 N–H and O–H groups in total. The number of aromatic nitrogens is 2. The number of benzene rings is 1. The topological polar surface area (TPSA) is 54.7 Å². The molecule has 0 bridgehead atoms. The molecular weight excluding hydrogens is 224 g/mol. The minimum absolute atomic E-state index is 0.0448. The van der Waals surface area contributed by atoms with Crippen LogP contribution in [0, 0.1) is 0 Å². The first kappa shape index (κ1) is 10.5. The molecule has 1 aliphatic rings. The third kappa shape index (κ3) is 1.85. The maximum absolute atomic E-state index is 13.1. The van der Waals surface area contributed by atoms with Gasteiger partial charge in [0.15, 0.2) is 0 Å². The highest BCUT2D eigenvalue weighted by Crippen LogP contribution is 2.43. The summed E-state index contributed by atoms with van der Waals surface area (Å²) < 4.78 is 26.3. The maximum Gasteiger partial charge on any atom is 0.248 e. The third-order valence-corrected chi connectivity index (χ3v) is 3.31. The van der Waals surface area contributed by atoms with E-state index in [1.807, 2.05) is 0 Å². The molecule has 0 saturated heterocycles. The highest BCUT2D eigenvalue weighted by Gasteiger charge is 2.41. The van der Waals surface area contributed by atoms with E-state index in [0.717, 1.165) is 11.0 Å². The summed E-state index contributed by atoms with van der Waals surface area (Å²) in [4.78, 5) is 7.45. The summed E-state index contributed by atoms with van der Waals surface area (Å²) >= 11 is 0.